The zero-order valence-corrected chi connectivity index (χ0v) is 11.0. The Balaban J connectivity index is 1.69. The standard InChI is InChI=1S/C15H17N3O/c1-12-16-15(19-17-12)14-8-5-9-18(11-14)10-13-6-3-2-4-7-13/h2-4,6-8H,5,9-11H2,1H3. The van der Waals surface area contributed by atoms with E-state index in [2.05, 4.69) is 45.4 Å². The molecule has 0 saturated carbocycles. The molecule has 0 spiro atoms. The van der Waals surface area contributed by atoms with Crippen LogP contribution >= 0.6 is 0 Å². The second kappa shape index (κ2) is 5.36. The van der Waals surface area contributed by atoms with Crippen molar-refractivity contribution in [1.82, 2.24) is 15.0 Å². The Morgan fingerprint density at radius 3 is 2.84 bits per heavy atom. The number of benzene rings is 1. The minimum absolute atomic E-state index is 0.662. The number of aromatic nitrogens is 2. The van der Waals surface area contributed by atoms with Crippen molar-refractivity contribution in [3.63, 3.8) is 0 Å². The Hall–Kier alpha value is -1.94. The molecule has 2 heterocycles. The summed E-state index contributed by atoms with van der Waals surface area (Å²) in [5, 5.41) is 3.86. The molecular formula is C15H17N3O. The summed E-state index contributed by atoms with van der Waals surface area (Å²) in [6.07, 6.45) is 3.23. The smallest absolute Gasteiger partial charge is 0.254 e. The fourth-order valence-corrected chi connectivity index (χ4v) is 2.36. The maximum absolute atomic E-state index is 5.25. The SMILES string of the molecule is Cc1noc(C2=CCCN(Cc3ccccc3)C2)n1. The van der Waals surface area contributed by atoms with Crippen molar-refractivity contribution in [3.8, 4) is 0 Å². The first-order valence-electron chi connectivity index (χ1n) is 6.57. The van der Waals surface area contributed by atoms with Crippen molar-refractivity contribution in [1.29, 1.82) is 0 Å². The lowest BCUT2D eigenvalue weighted by Crippen LogP contribution is -2.29. The molecule has 0 aliphatic carbocycles. The van der Waals surface area contributed by atoms with Crippen LogP contribution in [0.3, 0.4) is 0 Å². The average Bonchev–Trinajstić information content (AvgIpc) is 2.87. The zero-order chi connectivity index (χ0) is 13.1. The molecule has 1 aliphatic rings. The Morgan fingerprint density at radius 1 is 1.26 bits per heavy atom. The van der Waals surface area contributed by atoms with Crippen molar-refractivity contribution in [2.75, 3.05) is 13.1 Å². The van der Waals surface area contributed by atoms with Gasteiger partial charge in [0.2, 0.25) is 0 Å². The van der Waals surface area contributed by atoms with Gasteiger partial charge >= 0.3 is 0 Å². The number of hydrogen-bond acceptors (Lipinski definition) is 4. The topological polar surface area (TPSA) is 42.2 Å². The monoisotopic (exact) mass is 255 g/mol. The molecule has 0 N–H and O–H groups in total. The van der Waals surface area contributed by atoms with Crippen LogP contribution in [0.4, 0.5) is 0 Å². The van der Waals surface area contributed by atoms with Crippen molar-refractivity contribution in [2.24, 2.45) is 0 Å². The van der Waals surface area contributed by atoms with Crippen molar-refractivity contribution in [3.05, 3.63) is 53.7 Å². The van der Waals surface area contributed by atoms with E-state index < -0.39 is 0 Å². The van der Waals surface area contributed by atoms with Gasteiger partial charge in [0.25, 0.3) is 5.89 Å². The minimum atomic E-state index is 0.662. The van der Waals surface area contributed by atoms with E-state index in [0.29, 0.717) is 11.7 Å². The molecular weight excluding hydrogens is 238 g/mol. The molecule has 0 fully saturated rings. The van der Waals surface area contributed by atoms with E-state index >= 15 is 0 Å². The first kappa shape index (κ1) is 12.1. The molecule has 1 aromatic carbocycles. The van der Waals surface area contributed by atoms with E-state index in [1.165, 1.54) is 5.56 Å². The van der Waals surface area contributed by atoms with Gasteiger partial charge in [0.1, 0.15) is 0 Å². The highest BCUT2D eigenvalue weighted by Gasteiger charge is 2.18. The normalized spacial score (nSPS) is 16.4. The predicted molar refractivity (Wildman–Crippen MR) is 73.3 cm³/mol. The minimum Gasteiger partial charge on any atom is -0.334 e. The van der Waals surface area contributed by atoms with E-state index in [0.717, 1.165) is 31.6 Å². The molecule has 1 aromatic heterocycles. The van der Waals surface area contributed by atoms with Crippen LogP contribution in [0.15, 0.2) is 40.9 Å². The molecule has 0 unspecified atom stereocenters. The van der Waals surface area contributed by atoms with Crippen LogP contribution in [0.25, 0.3) is 5.57 Å². The maximum atomic E-state index is 5.25. The van der Waals surface area contributed by atoms with Gasteiger partial charge in [-0.15, -0.1) is 0 Å². The summed E-state index contributed by atoms with van der Waals surface area (Å²) < 4.78 is 5.25. The van der Waals surface area contributed by atoms with Crippen molar-refractivity contribution < 1.29 is 4.52 Å². The first-order chi connectivity index (χ1) is 9.31. The highest BCUT2D eigenvalue weighted by atomic mass is 16.5. The molecule has 0 atom stereocenters. The van der Waals surface area contributed by atoms with Crippen LogP contribution in [0.1, 0.15) is 23.7 Å². The Labute approximate surface area is 112 Å². The lowest BCUT2D eigenvalue weighted by Gasteiger charge is -2.25. The van der Waals surface area contributed by atoms with Gasteiger partial charge in [-0.1, -0.05) is 41.6 Å². The number of rotatable bonds is 3. The van der Waals surface area contributed by atoms with E-state index in [1.807, 2.05) is 13.0 Å². The summed E-state index contributed by atoms with van der Waals surface area (Å²) in [6.45, 7) is 4.76. The second-order valence-electron chi connectivity index (χ2n) is 4.86. The average molecular weight is 255 g/mol. The summed E-state index contributed by atoms with van der Waals surface area (Å²) in [5.41, 5.74) is 2.48. The fraction of sp³-hybridized carbons (Fsp3) is 0.333. The van der Waals surface area contributed by atoms with E-state index in [1.54, 1.807) is 0 Å². The summed E-state index contributed by atoms with van der Waals surface area (Å²) >= 11 is 0. The summed E-state index contributed by atoms with van der Waals surface area (Å²) in [4.78, 5) is 6.71. The number of aryl methyl sites for hydroxylation is 1. The summed E-state index contributed by atoms with van der Waals surface area (Å²) in [7, 11) is 0. The highest BCUT2D eigenvalue weighted by Crippen LogP contribution is 2.20. The lowest BCUT2D eigenvalue weighted by molar-refractivity contribution is 0.291. The molecule has 0 saturated heterocycles. The molecule has 1 aliphatic heterocycles. The molecule has 4 heteroatoms. The van der Waals surface area contributed by atoms with Gasteiger partial charge in [-0.2, -0.15) is 4.98 Å². The van der Waals surface area contributed by atoms with Gasteiger partial charge in [-0.3, -0.25) is 4.90 Å². The van der Waals surface area contributed by atoms with Gasteiger partial charge in [-0.05, 0) is 18.9 Å². The van der Waals surface area contributed by atoms with Crippen LogP contribution < -0.4 is 0 Å². The fourth-order valence-electron chi connectivity index (χ4n) is 2.36. The van der Waals surface area contributed by atoms with Crippen LogP contribution in [0, 0.1) is 6.92 Å². The van der Waals surface area contributed by atoms with Crippen molar-refractivity contribution >= 4 is 5.57 Å². The Morgan fingerprint density at radius 2 is 2.11 bits per heavy atom. The molecule has 4 nitrogen and oxygen atoms in total. The molecule has 3 rings (SSSR count). The van der Waals surface area contributed by atoms with E-state index in [9.17, 15) is 0 Å². The third kappa shape index (κ3) is 2.90. The maximum Gasteiger partial charge on any atom is 0.254 e. The molecule has 19 heavy (non-hydrogen) atoms. The molecule has 98 valence electrons. The number of hydrogen-bond donors (Lipinski definition) is 0. The molecule has 0 amide bonds. The third-order valence-corrected chi connectivity index (χ3v) is 3.28. The molecule has 0 bridgehead atoms. The molecule has 0 radical (unpaired) electrons. The van der Waals surface area contributed by atoms with Gasteiger partial charge in [0.15, 0.2) is 5.82 Å². The van der Waals surface area contributed by atoms with Crippen LogP contribution in [0.5, 0.6) is 0 Å². The Bertz CT molecular complexity index is 574. The summed E-state index contributed by atoms with van der Waals surface area (Å²) in [6, 6.07) is 10.5. The van der Waals surface area contributed by atoms with Gasteiger partial charge in [0.05, 0.1) is 0 Å². The lowest BCUT2D eigenvalue weighted by atomic mass is 10.1. The van der Waals surface area contributed by atoms with Crippen molar-refractivity contribution in [2.45, 2.75) is 19.9 Å². The number of nitrogens with zero attached hydrogens (tertiary/aromatic N) is 3. The van der Waals surface area contributed by atoms with Crippen LogP contribution in [-0.2, 0) is 6.54 Å². The van der Waals surface area contributed by atoms with Crippen LogP contribution in [0.2, 0.25) is 0 Å². The zero-order valence-electron chi connectivity index (χ0n) is 11.0. The highest BCUT2D eigenvalue weighted by molar-refractivity contribution is 5.60. The van der Waals surface area contributed by atoms with Gasteiger partial charge in [-0.25, -0.2) is 0 Å². The quantitative estimate of drug-likeness (QED) is 0.845. The van der Waals surface area contributed by atoms with Gasteiger partial charge in [0, 0.05) is 25.2 Å². The summed E-state index contributed by atoms with van der Waals surface area (Å²) in [5.74, 6) is 1.35. The van der Waals surface area contributed by atoms with E-state index in [4.69, 9.17) is 4.52 Å². The molecule has 2 aromatic rings. The second-order valence-corrected chi connectivity index (χ2v) is 4.86. The van der Waals surface area contributed by atoms with Crippen LogP contribution in [-0.4, -0.2) is 28.1 Å². The Kier molecular flexibility index (Phi) is 3.42. The largest absolute Gasteiger partial charge is 0.334 e. The van der Waals surface area contributed by atoms with E-state index in [-0.39, 0.29) is 0 Å². The third-order valence-electron chi connectivity index (χ3n) is 3.28. The van der Waals surface area contributed by atoms with Gasteiger partial charge < -0.3 is 4.52 Å². The first-order valence-corrected chi connectivity index (χ1v) is 6.57. The predicted octanol–water partition coefficient (Wildman–Crippen LogP) is 2.67.